The number of rotatable bonds is 4. The van der Waals surface area contributed by atoms with Crippen molar-refractivity contribution in [3.8, 4) is 11.8 Å². The van der Waals surface area contributed by atoms with Gasteiger partial charge in [-0.25, -0.2) is 8.78 Å². The molecule has 1 atom stereocenters. The fourth-order valence-corrected chi connectivity index (χ4v) is 0.548. The van der Waals surface area contributed by atoms with Gasteiger partial charge in [0, 0.05) is 6.42 Å². The van der Waals surface area contributed by atoms with E-state index in [9.17, 15) is 21.6 Å². The Kier molecular flexibility index (Phi) is 11.3. The minimum atomic E-state index is -3.67. The molecule has 4 nitrogen and oxygen atoms in total. The average molecular weight is 276 g/mol. The van der Waals surface area contributed by atoms with Crippen molar-refractivity contribution in [2.45, 2.75) is 31.8 Å². The molecule has 0 aromatic rings. The summed E-state index contributed by atoms with van der Waals surface area (Å²) in [5.41, 5.74) is 0. The van der Waals surface area contributed by atoms with E-state index in [2.05, 4.69) is 5.92 Å². The van der Waals surface area contributed by atoms with Crippen LogP contribution in [0, 0.1) is 11.8 Å². The van der Waals surface area contributed by atoms with Crippen molar-refractivity contribution in [3.63, 3.8) is 0 Å². The number of halogens is 3. The normalized spacial score (nSPS) is 12.2. The van der Waals surface area contributed by atoms with Gasteiger partial charge < -0.3 is 5.11 Å². The summed E-state index contributed by atoms with van der Waals surface area (Å²) in [5.74, 6) is 4.33. The second-order valence-electron chi connectivity index (χ2n) is 2.98. The molecule has 0 rings (SSSR count). The molecular formula is C9H15F3O4S. The second kappa shape index (κ2) is 10.4. The van der Waals surface area contributed by atoms with E-state index in [1.165, 1.54) is 0 Å². The molecular weight excluding hydrogens is 261 g/mol. The van der Waals surface area contributed by atoms with Gasteiger partial charge in [0.2, 0.25) is 0 Å². The standard InChI is InChI=1S/C8H11F3O.CH4O3S/c9-6-4-2-1-3-5-7(12)8(10)11;1-5(2,3)4/h7-8,12H,1-2,4,6H2;1H3,(H,2,3,4). The van der Waals surface area contributed by atoms with Crippen molar-refractivity contribution >= 4 is 10.1 Å². The van der Waals surface area contributed by atoms with E-state index in [1.807, 2.05) is 5.92 Å². The number of hydrogen-bond donors (Lipinski definition) is 2. The zero-order valence-electron chi connectivity index (χ0n) is 9.24. The predicted molar refractivity (Wildman–Crippen MR) is 57.1 cm³/mol. The molecule has 0 saturated heterocycles. The molecule has 0 heterocycles. The smallest absolute Gasteiger partial charge is 0.275 e. The van der Waals surface area contributed by atoms with Gasteiger partial charge in [-0.15, -0.1) is 5.92 Å². The maximum Gasteiger partial charge on any atom is 0.275 e. The zero-order valence-corrected chi connectivity index (χ0v) is 10.1. The van der Waals surface area contributed by atoms with Crippen molar-refractivity contribution in [1.29, 1.82) is 0 Å². The van der Waals surface area contributed by atoms with Gasteiger partial charge in [0.25, 0.3) is 16.5 Å². The van der Waals surface area contributed by atoms with Crippen LogP contribution in [0.15, 0.2) is 0 Å². The van der Waals surface area contributed by atoms with Gasteiger partial charge in [-0.1, -0.05) is 5.92 Å². The lowest BCUT2D eigenvalue weighted by Crippen LogP contribution is -2.14. The Labute approximate surface area is 98.6 Å². The van der Waals surface area contributed by atoms with Crippen LogP contribution in [0.25, 0.3) is 0 Å². The molecule has 1 unspecified atom stereocenters. The first-order valence-corrected chi connectivity index (χ1v) is 6.46. The third-order valence-corrected chi connectivity index (χ3v) is 1.17. The third-order valence-electron chi connectivity index (χ3n) is 1.17. The molecule has 8 heteroatoms. The minimum Gasteiger partial charge on any atom is -0.375 e. The maximum atomic E-state index is 11.6. The fraction of sp³-hybridized carbons (Fsp3) is 0.778. The number of aliphatic hydroxyl groups is 1. The monoisotopic (exact) mass is 276 g/mol. The Bertz CT molecular complexity index is 324. The molecule has 0 fully saturated rings. The molecule has 0 radical (unpaired) electrons. The minimum absolute atomic E-state index is 0.355. The Hall–Kier alpha value is -0.780. The van der Waals surface area contributed by atoms with E-state index in [-0.39, 0.29) is 0 Å². The summed E-state index contributed by atoms with van der Waals surface area (Å²) in [7, 11) is -3.67. The quantitative estimate of drug-likeness (QED) is 0.460. The Morgan fingerprint density at radius 1 is 1.29 bits per heavy atom. The second-order valence-corrected chi connectivity index (χ2v) is 4.45. The molecule has 0 aliphatic carbocycles. The van der Waals surface area contributed by atoms with Gasteiger partial charge in [-0.2, -0.15) is 8.42 Å². The van der Waals surface area contributed by atoms with Gasteiger partial charge in [-0.3, -0.25) is 8.94 Å². The predicted octanol–water partition coefficient (Wildman–Crippen LogP) is 1.26. The third kappa shape index (κ3) is 25.5. The molecule has 0 amide bonds. The summed E-state index contributed by atoms with van der Waals surface area (Å²) < 4.78 is 60.5. The van der Waals surface area contributed by atoms with Crippen LogP contribution in [0.3, 0.4) is 0 Å². The highest BCUT2D eigenvalue weighted by Gasteiger charge is 2.12. The highest BCUT2D eigenvalue weighted by atomic mass is 32.2. The van der Waals surface area contributed by atoms with E-state index in [0.29, 0.717) is 25.5 Å². The van der Waals surface area contributed by atoms with Crippen LogP contribution in [0.5, 0.6) is 0 Å². The highest BCUT2D eigenvalue weighted by molar-refractivity contribution is 7.85. The molecule has 0 saturated carbocycles. The number of alkyl halides is 3. The van der Waals surface area contributed by atoms with Gasteiger partial charge in [0.1, 0.15) is 0 Å². The molecule has 0 bridgehead atoms. The van der Waals surface area contributed by atoms with Crippen LogP contribution in [-0.2, 0) is 10.1 Å². The van der Waals surface area contributed by atoms with Crippen LogP contribution >= 0.6 is 0 Å². The summed E-state index contributed by atoms with van der Waals surface area (Å²) in [6.45, 7) is -0.418. The summed E-state index contributed by atoms with van der Waals surface area (Å²) >= 11 is 0. The number of unbranched alkanes of at least 4 members (excludes halogenated alkanes) is 2. The van der Waals surface area contributed by atoms with E-state index in [0.717, 1.165) is 0 Å². The Morgan fingerprint density at radius 3 is 2.12 bits per heavy atom. The lowest BCUT2D eigenvalue weighted by atomic mass is 10.2. The van der Waals surface area contributed by atoms with Crippen LogP contribution in [0.1, 0.15) is 19.3 Å². The van der Waals surface area contributed by atoms with E-state index in [4.69, 9.17) is 9.66 Å². The van der Waals surface area contributed by atoms with Crippen molar-refractivity contribution < 1.29 is 31.2 Å². The van der Waals surface area contributed by atoms with Gasteiger partial charge >= 0.3 is 0 Å². The van der Waals surface area contributed by atoms with Crippen molar-refractivity contribution in [2.24, 2.45) is 0 Å². The molecule has 0 spiro atoms. The molecule has 0 aliphatic rings. The number of aliphatic hydroxyl groups excluding tert-OH is 1. The first-order valence-electron chi connectivity index (χ1n) is 4.61. The van der Waals surface area contributed by atoms with Gasteiger partial charge in [0.05, 0.1) is 12.9 Å². The first kappa shape index (κ1) is 18.6. The van der Waals surface area contributed by atoms with E-state index >= 15 is 0 Å². The molecule has 0 aromatic carbocycles. The van der Waals surface area contributed by atoms with Gasteiger partial charge in [0.15, 0.2) is 6.10 Å². The van der Waals surface area contributed by atoms with Crippen molar-refractivity contribution in [3.05, 3.63) is 0 Å². The molecule has 0 aliphatic heterocycles. The van der Waals surface area contributed by atoms with Gasteiger partial charge in [-0.05, 0) is 12.8 Å². The average Bonchev–Trinajstić information content (AvgIpc) is 2.14. The van der Waals surface area contributed by atoms with Crippen LogP contribution in [0.4, 0.5) is 13.2 Å². The Balaban J connectivity index is 0. The highest BCUT2D eigenvalue weighted by Crippen LogP contribution is 1.99. The molecule has 2 N–H and O–H groups in total. The van der Waals surface area contributed by atoms with E-state index < -0.39 is 29.3 Å². The van der Waals surface area contributed by atoms with E-state index in [1.54, 1.807) is 0 Å². The number of hydrogen-bond acceptors (Lipinski definition) is 3. The summed E-state index contributed by atoms with van der Waals surface area (Å²) in [5, 5.41) is 8.49. The maximum absolute atomic E-state index is 11.6. The molecule has 17 heavy (non-hydrogen) atoms. The fourth-order valence-electron chi connectivity index (χ4n) is 0.548. The summed E-state index contributed by atoms with van der Waals surface area (Å²) in [6, 6.07) is 0. The molecule has 0 aromatic heterocycles. The summed E-state index contributed by atoms with van der Waals surface area (Å²) in [4.78, 5) is 0. The van der Waals surface area contributed by atoms with Crippen molar-refractivity contribution in [1.82, 2.24) is 0 Å². The first-order chi connectivity index (χ1) is 7.68. The van der Waals surface area contributed by atoms with Crippen LogP contribution < -0.4 is 0 Å². The zero-order chi connectivity index (χ0) is 13.9. The molecule has 102 valence electrons. The van der Waals surface area contributed by atoms with Crippen LogP contribution in [0.2, 0.25) is 0 Å². The lowest BCUT2D eigenvalue weighted by molar-refractivity contribution is 0.0296. The lowest BCUT2D eigenvalue weighted by Gasteiger charge is -1.98. The Morgan fingerprint density at radius 2 is 1.76 bits per heavy atom. The van der Waals surface area contributed by atoms with Crippen LogP contribution in [-0.4, -0.2) is 43.5 Å². The van der Waals surface area contributed by atoms with Crippen molar-refractivity contribution in [2.75, 3.05) is 12.9 Å². The topological polar surface area (TPSA) is 74.6 Å². The largest absolute Gasteiger partial charge is 0.375 e. The summed E-state index contributed by atoms with van der Waals surface area (Å²) in [6.07, 6.45) is -2.69. The SMILES string of the molecule is CS(=O)(=O)O.OC(C#CCCCCF)C(F)F.